The van der Waals surface area contributed by atoms with E-state index in [1.807, 2.05) is 44.2 Å². The van der Waals surface area contributed by atoms with Gasteiger partial charge in [0.2, 0.25) is 11.8 Å². The van der Waals surface area contributed by atoms with E-state index in [1.54, 1.807) is 10.7 Å². The van der Waals surface area contributed by atoms with Gasteiger partial charge in [-0.2, -0.15) is 5.10 Å². The number of aryl methyl sites for hydroxylation is 3. The third-order valence-corrected chi connectivity index (χ3v) is 7.68. The van der Waals surface area contributed by atoms with Gasteiger partial charge in [0.15, 0.2) is 6.61 Å². The van der Waals surface area contributed by atoms with Crippen LogP contribution in [0.4, 0.5) is 5.82 Å². The lowest BCUT2D eigenvalue weighted by atomic mass is 9.81. The van der Waals surface area contributed by atoms with Crippen LogP contribution in [0, 0.1) is 32.6 Å². The minimum absolute atomic E-state index is 0.313. The van der Waals surface area contributed by atoms with Gasteiger partial charge in [0.05, 0.1) is 23.2 Å². The smallest absolute Gasteiger partial charge is 0.326 e. The van der Waals surface area contributed by atoms with Gasteiger partial charge < -0.3 is 10.1 Å². The van der Waals surface area contributed by atoms with Gasteiger partial charge in [-0.1, -0.05) is 37.1 Å². The summed E-state index contributed by atoms with van der Waals surface area (Å²) in [7, 11) is 0. The summed E-state index contributed by atoms with van der Waals surface area (Å²) >= 11 is 0. The number of carbonyl (C=O) groups is 4. The van der Waals surface area contributed by atoms with Gasteiger partial charge in [-0.3, -0.25) is 24.1 Å². The van der Waals surface area contributed by atoms with E-state index in [2.05, 4.69) is 24.4 Å². The minimum atomic E-state index is -0.798. The Balaban J connectivity index is 1.28. The molecule has 3 amide bonds. The fourth-order valence-corrected chi connectivity index (χ4v) is 5.49. The van der Waals surface area contributed by atoms with Crippen LogP contribution in [0.5, 0.6) is 0 Å². The molecule has 1 aromatic heterocycles. The molecule has 1 N–H and O–H groups in total. The summed E-state index contributed by atoms with van der Waals surface area (Å²) in [4.78, 5) is 51.5. The number of aromatic nitrogens is 2. The maximum Gasteiger partial charge on any atom is 0.326 e. The molecule has 0 spiro atoms. The number of amides is 3. The van der Waals surface area contributed by atoms with Crippen LogP contribution >= 0.6 is 0 Å². The van der Waals surface area contributed by atoms with E-state index >= 15 is 0 Å². The number of hydrogen-bond donors (Lipinski definition) is 1. The van der Waals surface area contributed by atoms with Gasteiger partial charge in [-0.25, -0.2) is 4.68 Å². The fraction of sp³-hybridized carbons (Fsp3) is 0.367. The number of imide groups is 1. The van der Waals surface area contributed by atoms with Gasteiger partial charge in [-0.15, -0.1) is 0 Å². The Kier molecular flexibility index (Phi) is 7.32. The highest BCUT2D eigenvalue weighted by molar-refractivity contribution is 6.07. The van der Waals surface area contributed by atoms with Gasteiger partial charge in [-0.05, 0) is 68.5 Å². The fourth-order valence-electron chi connectivity index (χ4n) is 5.49. The quantitative estimate of drug-likeness (QED) is 0.365. The Labute approximate surface area is 227 Å². The molecule has 2 fully saturated rings. The first-order valence-corrected chi connectivity index (χ1v) is 13.3. The van der Waals surface area contributed by atoms with E-state index in [9.17, 15) is 19.2 Å². The molecular weight excluding hydrogens is 496 g/mol. The predicted octanol–water partition coefficient (Wildman–Crippen LogP) is 4.12. The van der Waals surface area contributed by atoms with Crippen molar-refractivity contribution in [3.63, 3.8) is 0 Å². The highest BCUT2D eigenvalue weighted by Gasteiger charge is 2.48. The number of para-hydroxylation sites is 1. The molecule has 0 bridgehead atoms. The number of nitrogens with one attached hydrogen (secondary N) is 1. The number of esters is 1. The second-order valence-corrected chi connectivity index (χ2v) is 10.4. The van der Waals surface area contributed by atoms with Crippen LogP contribution in [0.1, 0.15) is 42.4 Å². The van der Waals surface area contributed by atoms with Crippen LogP contribution in [0.3, 0.4) is 0 Å². The van der Waals surface area contributed by atoms with Crippen molar-refractivity contribution in [2.75, 3.05) is 18.5 Å². The molecule has 1 aliphatic heterocycles. The van der Waals surface area contributed by atoms with Gasteiger partial charge in [0.25, 0.3) is 5.91 Å². The molecule has 5 rings (SSSR count). The van der Waals surface area contributed by atoms with Crippen molar-refractivity contribution in [3.8, 4) is 16.9 Å². The van der Waals surface area contributed by atoms with E-state index in [1.165, 1.54) is 5.56 Å². The lowest BCUT2D eigenvalue weighted by Gasteiger charge is -2.19. The maximum atomic E-state index is 12.8. The molecule has 1 aliphatic carbocycles. The Hall–Kier alpha value is -4.27. The summed E-state index contributed by atoms with van der Waals surface area (Å²) in [5.41, 5.74) is 5.79. The topological polar surface area (TPSA) is 111 Å². The van der Waals surface area contributed by atoms with E-state index in [0.717, 1.165) is 40.1 Å². The van der Waals surface area contributed by atoms with E-state index in [4.69, 9.17) is 9.84 Å². The zero-order chi connectivity index (χ0) is 27.7. The van der Waals surface area contributed by atoms with Crippen molar-refractivity contribution < 1.29 is 23.9 Å². The van der Waals surface area contributed by atoms with E-state index < -0.39 is 25.0 Å². The summed E-state index contributed by atoms with van der Waals surface area (Å²) in [6.07, 6.45) is 3.15. The number of anilines is 1. The molecule has 9 nitrogen and oxygen atoms in total. The molecule has 1 saturated carbocycles. The Morgan fingerprint density at radius 1 is 0.923 bits per heavy atom. The number of rotatable bonds is 7. The largest absolute Gasteiger partial charge is 0.454 e. The second-order valence-electron chi connectivity index (χ2n) is 10.4. The lowest BCUT2D eigenvalue weighted by molar-refractivity contribution is -0.154. The molecule has 1 saturated heterocycles. The van der Waals surface area contributed by atoms with Crippen molar-refractivity contribution in [3.05, 3.63) is 65.2 Å². The lowest BCUT2D eigenvalue weighted by Crippen LogP contribution is -2.37. The molecule has 3 aromatic rings. The summed E-state index contributed by atoms with van der Waals surface area (Å²) < 4.78 is 6.78. The average Bonchev–Trinajstić information content (AvgIpc) is 3.45. The van der Waals surface area contributed by atoms with Crippen LogP contribution in [-0.4, -0.2) is 51.5 Å². The number of benzene rings is 2. The molecule has 39 heavy (non-hydrogen) atoms. The molecule has 2 unspecified atom stereocenters. The van der Waals surface area contributed by atoms with Gasteiger partial charge >= 0.3 is 5.97 Å². The molecule has 9 heteroatoms. The van der Waals surface area contributed by atoms with Crippen LogP contribution < -0.4 is 5.32 Å². The van der Waals surface area contributed by atoms with Crippen LogP contribution in [0.2, 0.25) is 0 Å². The zero-order valence-electron chi connectivity index (χ0n) is 22.4. The minimum Gasteiger partial charge on any atom is -0.454 e. The first-order chi connectivity index (χ1) is 18.7. The van der Waals surface area contributed by atoms with Crippen LogP contribution in [0.15, 0.2) is 48.5 Å². The Morgan fingerprint density at radius 2 is 1.56 bits per heavy atom. The van der Waals surface area contributed by atoms with Crippen LogP contribution in [0.25, 0.3) is 16.9 Å². The highest BCUT2D eigenvalue weighted by atomic mass is 16.5. The van der Waals surface area contributed by atoms with Crippen molar-refractivity contribution in [1.82, 2.24) is 14.7 Å². The van der Waals surface area contributed by atoms with Crippen molar-refractivity contribution in [2.24, 2.45) is 11.8 Å². The molecule has 2 atom stereocenters. The number of hydrogen-bond acceptors (Lipinski definition) is 6. The molecule has 202 valence electrons. The van der Waals surface area contributed by atoms with Crippen LogP contribution in [-0.2, 0) is 23.9 Å². The summed E-state index contributed by atoms with van der Waals surface area (Å²) in [6, 6.07) is 15.4. The molecule has 0 radical (unpaired) electrons. The molecule has 2 aromatic carbocycles. The average molecular weight is 529 g/mol. The summed E-state index contributed by atoms with van der Waals surface area (Å²) in [5.74, 6) is -2.24. The Bertz CT molecular complexity index is 1420. The molecule has 2 aliphatic rings. The number of nitrogens with zero attached hydrogens (tertiary/aromatic N) is 3. The number of likely N-dealkylation sites (tertiary alicyclic amines) is 1. The second kappa shape index (κ2) is 10.8. The van der Waals surface area contributed by atoms with Gasteiger partial charge in [0, 0.05) is 11.6 Å². The molecular formula is C30H32N4O5. The first kappa shape index (κ1) is 26.3. The number of fused-ring (bicyclic) bond motifs is 1. The summed E-state index contributed by atoms with van der Waals surface area (Å²) in [5, 5.41) is 7.55. The summed E-state index contributed by atoms with van der Waals surface area (Å²) in [6.45, 7) is 5.09. The predicted molar refractivity (Wildman–Crippen MR) is 145 cm³/mol. The number of ether oxygens (including phenoxy) is 1. The van der Waals surface area contributed by atoms with Crippen molar-refractivity contribution in [2.45, 2.75) is 46.5 Å². The highest BCUT2D eigenvalue weighted by Crippen LogP contribution is 2.38. The first-order valence-electron chi connectivity index (χ1n) is 13.3. The normalized spacial score (nSPS) is 18.7. The molecule has 2 heterocycles. The zero-order valence-corrected chi connectivity index (χ0v) is 22.4. The standard InChI is InChI=1S/C30H32N4O5/c1-18-13-20(3)24(14-19(18)2)25-15-26(34(32-25)21-9-5-4-6-10-21)31-27(35)17-39-28(36)16-33-29(37)22-11-7-8-12-23(22)30(33)38/h4-6,9-10,13-15,22-23H,7-8,11-12,16-17H2,1-3H3,(H,31,35). The monoisotopic (exact) mass is 528 g/mol. The number of carbonyl (C=O) groups excluding carboxylic acids is 4. The third kappa shape index (κ3) is 5.34. The maximum absolute atomic E-state index is 12.8. The SMILES string of the molecule is Cc1cc(C)c(-c2cc(NC(=O)COC(=O)CN3C(=O)C4CCCCC4C3=O)n(-c3ccccc3)n2)cc1C. The van der Waals surface area contributed by atoms with Crippen molar-refractivity contribution in [1.29, 1.82) is 0 Å². The van der Waals surface area contributed by atoms with Crippen molar-refractivity contribution >= 4 is 29.5 Å². The third-order valence-electron chi connectivity index (χ3n) is 7.68. The van der Waals surface area contributed by atoms with E-state index in [0.29, 0.717) is 24.4 Å². The van der Waals surface area contributed by atoms with E-state index in [-0.39, 0.29) is 23.7 Å². The Morgan fingerprint density at radius 3 is 2.23 bits per heavy atom. The van der Waals surface area contributed by atoms with Gasteiger partial charge in [0.1, 0.15) is 12.4 Å².